The topological polar surface area (TPSA) is 106 Å². The summed E-state index contributed by atoms with van der Waals surface area (Å²) >= 11 is 0. The molecule has 0 saturated carbocycles. The first-order chi connectivity index (χ1) is 15.0. The van der Waals surface area contributed by atoms with E-state index in [1.54, 1.807) is 11.2 Å². The van der Waals surface area contributed by atoms with E-state index >= 15 is 0 Å². The Balaban J connectivity index is 1.71. The fraction of sp³-hybridized carbons (Fsp3) is 0.409. The molecule has 1 amide bonds. The number of carbonyl (C=O) groups is 1. The average Bonchev–Trinajstić information content (AvgIpc) is 3.39. The van der Waals surface area contributed by atoms with Crippen LogP contribution in [0.25, 0.3) is 11.5 Å². The standard InChI is InChI=1S/C22H28N8O/c1-5-14(6-2)30-13-24-27-21(30)17-8-7-9-19(25-17)29-12-16-15(22(29)31)10-20(28(3)4)26-18(16)11-23/h7-10,13-14H,5-6,11-12,23H2,1-4H3. The summed E-state index contributed by atoms with van der Waals surface area (Å²) in [6.07, 6.45) is 3.70. The molecule has 0 aliphatic carbocycles. The monoisotopic (exact) mass is 420 g/mol. The maximum Gasteiger partial charge on any atom is 0.260 e. The number of carbonyl (C=O) groups excluding carboxylic acids is 1. The Kier molecular flexibility index (Phi) is 5.69. The lowest BCUT2D eigenvalue weighted by Crippen LogP contribution is -2.24. The SMILES string of the molecule is CCC(CC)n1cnnc1-c1cccc(N2Cc3c(cc(N(C)C)nc3CN)C2=O)n1. The molecule has 4 rings (SSSR count). The molecule has 0 spiro atoms. The Labute approximate surface area is 181 Å². The summed E-state index contributed by atoms with van der Waals surface area (Å²) in [5, 5.41) is 8.41. The first-order valence-corrected chi connectivity index (χ1v) is 10.6. The minimum Gasteiger partial charge on any atom is -0.363 e. The number of rotatable bonds is 7. The molecular formula is C22H28N8O. The predicted octanol–water partition coefficient (Wildman–Crippen LogP) is 2.78. The molecule has 9 heteroatoms. The van der Waals surface area contributed by atoms with Gasteiger partial charge in [-0.15, -0.1) is 10.2 Å². The summed E-state index contributed by atoms with van der Waals surface area (Å²) in [6.45, 7) is 4.97. The van der Waals surface area contributed by atoms with E-state index < -0.39 is 0 Å². The van der Waals surface area contributed by atoms with Crippen LogP contribution in [-0.2, 0) is 13.1 Å². The first-order valence-electron chi connectivity index (χ1n) is 10.6. The normalized spacial score (nSPS) is 13.2. The summed E-state index contributed by atoms with van der Waals surface area (Å²) in [7, 11) is 3.79. The van der Waals surface area contributed by atoms with Gasteiger partial charge in [-0.2, -0.15) is 0 Å². The number of pyridine rings is 2. The first kappa shape index (κ1) is 20.9. The van der Waals surface area contributed by atoms with Crippen LogP contribution in [0, 0.1) is 0 Å². The van der Waals surface area contributed by atoms with Crippen LogP contribution in [0.2, 0.25) is 0 Å². The van der Waals surface area contributed by atoms with Crippen molar-refractivity contribution in [3.05, 3.63) is 47.4 Å². The van der Waals surface area contributed by atoms with Crippen molar-refractivity contribution in [1.29, 1.82) is 0 Å². The number of fused-ring (bicyclic) bond motifs is 1. The van der Waals surface area contributed by atoms with Gasteiger partial charge in [0.05, 0.1) is 17.8 Å². The summed E-state index contributed by atoms with van der Waals surface area (Å²) < 4.78 is 2.06. The van der Waals surface area contributed by atoms with E-state index in [2.05, 4.69) is 33.6 Å². The van der Waals surface area contributed by atoms with Crippen LogP contribution in [0.15, 0.2) is 30.6 Å². The number of amides is 1. The van der Waals surface area contributed by atoms with Crippen LogP contribution in [0.5, 0.6) is 0 Å². The van der Waals surface area contributed by atoms with E-state index in [9.17, 15) is 4.79 Å². The van der Waals surface area contributed by atoms with Crippen molar-refractivity contribution in [3.63, 3.8) is 0 Å². The number of hydrogen-bond acceptors (Lipinski definition) is 7. The third kappa shape index (κ3) is 3.65. The lowest BCUT2D eigenvalue weighted by atomic mass is 10.1. The molecule has 0 bridgehead atoms. The number of nitrogens with zero attached hydrogens (tertiary/aromatic N) is 7. The molecular weight excluding hydrogens is 392 g/mol. The molecule has 0 fully saturated rings. The maximum atomic E-state index is 13.3. The van der Waals surface area contributed by atoms with Gasteiger partial charge in [0.1, 0.15) is 23.7 Å². The molecule has 0 atom stereocenters. The predicted molar refractivity (Wildman–Crippen MR) is 120 cm³/mol. The van der Waals surface area contributed by atoms with E-state index in [0.717, 1.165) is 29.9 Å². The molecule has 0 saturated heterocycles. The highest BCUT2D eigenvalue weighted by Crippen LogP contribution is 2.32. The van der Waals surface area contributed by atoms with Crippen LogP contribution in [0.1, 0.15) is 54.3 Å². The van der Waals surface area contributed by atoms with Gasteiger partial charge in [-0.3, -0.25) is 9.69 Å². The molecule has 162 valence electrons. The Morgan fingerprint density at radius 3 is 2.65 bits per heavy atom. The summed E-state index contributed by atoms with van der Waals surface area (Å²) in [4.78, 5) is 26.2. The van der Waals surface area contributed by atoms with Gasteiger partial charge in [0.2, 0.25) is 0 Å². The second-order valence-electron chi connectivity index (χ2n) is 7.86. The number of aromatic nitrogens is 5. The number of anilines is 2. The third-order valence-electron chi connectivity index (χ3n) is 5.79. The third-order valence-corrected chi connectivity index (χ3v) is 5.79. The molecule has 0 aromatic carbocycles. The highest BCUT2D eigenvalue weighted by molar-refractivity contribution is 6.10. The van der Waals surface area contributed by atoms with Crippen molar-refractivity contribution >= 4 is 17.5 Å². The highest BCUT2D eigenvalue weighted by Gasteiger charge is 2.33. The van der Waals surface area contributed by atoms with Gasteiger partial charge in [0, 0.05) is 32.2 Å². The van der Waals surface area contributed by atoms with Gasteiger partial charge >= 0.3 is 0 Å². The second kappa shape index (κ2) is 8.43. The van der Waals surface area contributed by atoms with Gasteiger partial charge in [0.15, 0.2) is 5.82 Å². The molecule has 4 heterocycles. The number of hydrogen-bond donors (Lipinski definition) is 1. The Hall–Kier alpha value is -3.33. The molecule has 0 unspecified atom stereocenters. The van der Waals surface area contributed by atoms with Crippen molar-refractivity contribution in [1.82, 2.24) is 24.7 Å². The molecule has 3 aromatic heterocycles. The van der Waals surface area contributed by atoms with E-state index in [-0.39, 0.29) is 12.5 Å². The molecule has 9 nitrogen and oxygen atoms in total. The molecule has 1 aliphatic rings. The highest BCUT2D eigenvalue weighted by atomic mass is 16.2. The zero-order valence-electron chi connectivity index (χ0n) is 18.4. The Morgan fingerprint density at radius 1 is 1.19 bits per heavy atom. The molecule has 31 heavy (non-hydrogen) atoms. The van der Waals surface area contributed by atoms with Crippen LogP contribution >= 0.6 is 0 Å². The molecule has 3 aromatic rings. The summed E-state index contributed by atoms with van der Waals surface area (Å²) in [6, 6.07) is 7.76. The molecule has 2 N–H and O–H groups in total. The minimum atomic E-state index is -0.0960. The fourth-order valence-electron chi connectivity index (χ4n) is 4.01. The average molecular weight is 421 g/mol. The zero-order chi connectivity index (χ0) is 22.1. The van der Waals surface area contributed by atoms with E-state index in [1.165, 1.54) is 0 Å². The fourth-order valence-corrected chi connectivity index (χ4v) is 4.01. The summed E-state index contributed by atoms with van der Waals surface area (Å²) in [5.74, 6) is 1.90. The van der Waals surface area contributed by atoms with Crippen LogP contribution in [0.3, 0.4) is 0 Å². The van der Waals surface area contributed by atoms with Crippen LogP contribution < -0.4 is 15.5 Å². The van der Waals surface area contributed by atoms with E-state index in [4.69, 9.17) is 10.7 Å². The lowest BCUT2D eigenvalue weighted by Gasteiger charge is -2.18. The zero-order valence-corrected chi connectivity index (χ0v) is 18.4. The minimum absolute atomic E-state index is 0.0960. The van der Waals surface area contributed by atoms with Gasteiger partial charge in [-0.25, -0.2) is 9.97 Å². The van der Waals surface area contributed by atoms with Crippen LogP contribution in [0.4, 0.5) is 11.6 Å². The van der Waals surface area contributed by atoms with Crippen molar-refractivity contribution in [2.75, 3.05) is 23.9 Å². The van der Waals surface area contributed by atoms with Crippen molar-refractivity contribution < 1.29 is 4.79 Å². The van der Waals surface area contributed by atoms with Gasteiger partial charge < -0.3 is 15.2 Å². The second-order valence-corrected chi connectivity index (χ2v) is 7.86. The van der Waals surface area contributed by atoms with Crippen LogP contribution in [-0.4, -0.2) is 44.7 Å². The smallest absolute Gasteiger partial charge is 0.260 e. The quantitative estimate of drug-likeness (QED) is 0.626. The van der Waals surface area contributed by atoms with Crippen molar-refractivity contribution in [2.45, 2.75) is 45.8 Å². The number of nitrogens with two attached hydrogens (primary N) is 1. The van der Waals surface area contributed by atoms with Crippen molar-refractivity contribution in [2.24, 2.45) is 5.73 Å². The largest absolute Gasteiger partial charge is 0.363 e. The van der Waals surface area contributed by atoms with Gasteiger partial charge in [0.25, 0.3) is 5.91 Å². The summed E-state index contributed by atoms with van der Waals surface area (Å²) in [5.41, 5.74) is 8.86. The van der Waals surface area contributed by atoms with Gasteiger partial charge in [-0.1, -0.05) is 19.9 Å². The molecule has 0 radical (unpaired) electrons. The maximum absolute atomic E-state index is 13.3. The Morgan fingerprint density at radius 2 is 1.97 bits per heavy atom. The Bertz CT molecular complexity index is 1100. The van der Waals surface area contributed by atoms with Crippen molar-refractivity contribution in [3.8, 4) is 11.5 Å². The molecule has 1 aliphatic heterocycles. The van der Waals surface area contributed by atoms with E-state index in [1.807, 2.05) is 43.3 Å². The lowest BCUT2D eigenvalue weighted by molar-refractivity contribution is 0.0996. The van der Waals surface area contributed by atoms with Gasteiger partial charge in [-0.05, 0) is 31.0 Å². The van der Waals surface area contributed by atoms with E-state index in [0.29, 0.717) is 35.5 Å².